The van der Waals surface area contributed by atoms with Gasteiger partial charge in [0.15, 0.2) is 0 Å². The van der Waals surface area contributed by atoms with Crippen molar-refractivity contribution in [2.45, 2.75) is 25.3 Å². The van der Waals surface area contributed by atoms with Gasteiger partial charge in [0.25, 0.3) is 0 Å². The average Bonchev–Trinajstić information content (AvgIpc) is 3.46. The van der Waals surface area contributed by atoms with Gasteiger partial charge in [0, 0.05) is 19.1 Å². The van der Waals surface area contributed by atoms with Gasteiger partial charge in [0.2, 0.25) is 5.91 Å². The summed E-state index contributed by atoms with van der Waals surface area (Å²) in [7, 11) is 1.65. The van der Waals surface area contributed by atoms with Gasteiger partial charge >= 0.3 is 0 Å². The Balaban J connectivity index is 1.54. The molecule has 0 unspecified atom stereocenters. The molecule has 4 rings (SSSR count). The third-order valence-corrected chi connectivity index (χ3v) is 4.85. The van der Waals surface area contributed by atoms with Gasteiger partial charge in [0.05, 0.1) is 24.9 Å². The fraction of sp³-hybridized carbons (Fsp3) is 0.350. The van der Waals surface area contributed by atoms with Crippen LogP contribution in [0.3, 0.4) is 0 Å². The molecule has 0 saturated heterocycles. The Labute approximate surface area is 142 Å². The number of ether oxygens (including phenoxy) is 1. The highest BCUT2D eigenvalue weighted by Crippen LogP contribution is 2.39. The molecule has 2 aromatic rings. The van der Waals surface area contributed by atoms with Crippen LogP contribution >= 0.6 is 0 Å². The smallest absolute Gasteiger partial charge is 0.231 e. The fourth-order valence-corrected chi connectivity index (χ4v) is 3.42. The van der Waals surface area contributed by atoms with E-state index >= 15 is 0 Å². The van der Waals surface area contributed by atoms with Crippen LogP contribution in [0, 0.1) is 0 Å². The van der Waals surface area contributed by atoms with Gasteiger partial charge in [-0.1, -0.05) is 24.3 Å². The van der Waals surface area contributed by atoms with Crippen molar-refractivity contribution >= 4 is 17.3 Å². The summed E-state index contributed by atoms with van der Waals surface area (Å²) in [6.45, 7) is 1.69. The highest BCUT2D eigenvalue weighted by molar-refractivity contribution is 5.99. The number of nitrogens with zero attached hydrogens (tertiary/aromatic N) is 2. The topological polar surface area (TPSA) is 32.8 Å². The first-order chi connectivity index (χ1) is 11.8. The second kappa shape index (κ2) is 6.19. The number of anilines is 2. The van der Waals surface area contributed by atoms with Crippen molar-refractivity contribution in [2.24, 2.45) is 0 Å². The molecule has 1 aliphatic carbocycles. The molecule has 0 atom stereocenters. The van der Waals surface area contributed by atoms with Crippen molar-refractivity contribution < 1.29 is 9.53 Å². The minimum atomic E-state index is 0.156. The number of fused-ring (bicyclic) bond motifs is 1. The first-order valence-corrected chi connectivity index (χ1v) is 8.55. The van der Waals surface area contributed by atoms with Crippen molar-refractivity contribution in [1.29, 1.82) is 0 Å². The molecule has 1 heterocycles. The van der Waals surface area contributed by atoms with Crippen LogP contribution in [0.5, 0.6) is 5.75 Å². The Hall–Kier alpha value is -2.49. The number of rotatable bonds is 4. The van der Waals surface area contributed by atoms with Gasteiger partial charge in [-0.2, -0.15) is 0 Å². The number of carbonyl (C=O) groups excluding carboxylic acids is 1. The molecule has 1 saturated carbocycles. The summed E-state index contributed by atoms with van der Waals surface area (Å²) in [5, 5.41) is 0. The summed E-state index contributed by atoms with van der Waals surface area (Å²) in [6.07, 6.45) is 2.96. The van der Waals surface area contributed by atoms with E-state index in [0.29, 0.717) is 12.5 Å². The maximum Gasteiger partial charge on any atom is 0.231 e. The van der Waals surface area contributed by atoms with Crippen LogP contribution in [0.15, 0.2) is 48.5 Å². The first-order valence-electron chi connectivity index (χ1n) is 8.55. The molecule has 0 spiro atoms. The molecule has 0 radical (unpaired) electrons. The van der Waals surface area contributed by atoms with E-state index in [2.05, 4.69) is 23.1 Å². The van der Waals surface area contributed by atoms with Gasteiger partial charge in [-0.15, -0.1) is 0 Å². The van der Waals surface area contributed by atoms with Crippen molar-refractivity contribution in [1.82, 2.24) is 0 Å². The summed E-state index contributed by atoms with van der Waals surface area (Å²) >= 11 is 0. The van der Waals surface area contributed by atoms with Crippen LogP contribution in [0.4, 0.5) is 11.4 Å². The van der Waals surface area contributed by atoms with Gasteiger partial charge in [-0.05, 0) is 42.7 Å². The second-order valence-electron chi connectivity index (χ2n) is 6.48. The van der Waals surface area contributed by atoms with E-state index in [4.69, 9.17) is 4.74 Å². The van der Waals surface area contributed by atoms with Gasteiger partial charge in [-0.3, -0.25) is 4.79 Å². The van der Waals surface area contributed by atoms with E-state index < -0.39 is 0 Å². The fourth-order valence-electron chi connectivity index (χ4n) is 3.42. The third-order valence-electron chi connectivity index (χ3n) is 4.85. The number of hydrogen-bond acceptors (Lipinski definition) is 3. The van der Waals surface area contributed by atoms with Crippen LogP contribution in [0.2, 0.25) is 0 Å². The summed E-state index contributed by atoms with van der Waals surface area (Å²) in [4.78, 5) is 17.3. The molecule has 0 N–H and O–H groups in total. The molecular formula is C20H22N2O2. The number of carbonyl (C=O) groups is 1. The molecule has 0 aromatic heterocycles. The van der Waals surface area contributed by atoms with Gasteiger partial charge in [0.1, 0.15) is 5.75 Å². The highest BCUT2D eigenvalue weighted by Gasteiger charge is 2.35. The molecular weight excluding hydrogens is 300 g/mol. The van der Waals surface area contributed by atoms with E-state index in [1.54, 1.807) is 7.11 Å². The quantitative estimate of drug-likeness (QED) is 0.866. The highest BCUT2D eigenvalue weighted by atomic mass is 16.5. The minimum Gasteiger partial charge on any atom is -0.497 e. The average molecular weight is 322 g/mol. The Morgan fingerprint density at radius 3 is 2.42 bits per heavy atom. The number of methoxy groups -OCH3 is 1. The zero-order chi connectivity index (χ0) is 16.5. The van der Waals surface area contributed by atoms with Gasteiger partial charge < -0.3 is 14.5 Å². The molecule has 0 bridgehead atoms. The monoisotopic (exact) mass is 322 g/mol. The van der Waals surface area contributed by atoms with Crippen LogP contribution in [0.25, 0.3) is 0 Å². The van der Waals surface area contributed by atoms with Crippen LogP contribution < -0.4 is 14.5 Å². The van der Waals surface area contributed by atoms with Crippen molar-refractivity contribution in [3.05, 3.63) is 54.1 Å². The van der Waals surface area contributed by atoms with Crippen molar-refractivity contribution in [3.8, 4) is 5.75 Å². The van der Waals surface area contributed by atoms with Crippen molar-refractivity contribution in [2.75, 3.05) is 30.0 Å². The third kappa shape index (κ3) is 2.84. The van der Waals surface area contributed by atoms with E-state index in [9.17, 15) is 4.79 Å². The normalized spacial score (nSPS) is 16.7. The number of hydrogen-bond donors (Lipinski definition) is 0. The van der Waals surface area contributed by atoms with Crippen LogP contribution in [-0.2, 0) is 11.2 Å². The summed E-state index contributed by atoms with van der Waals surface area (Å²) in [5.41, 5.74) is 3.27. The molecule has 1 aliphatic heterocycles. The predicted octanol–water partition coefficient (Wildman–Crippen LogP) is 3.25. The van der Waals surface area contributed by atoms with E-state index in [1.165, 1.54) is 18.5 Å². The number of benzene rings is 2. The largest absolute Gasteiger partial charge is 0.497 e. The lowest BCUT2D eigenvalue weighted by Crippen LogP contribution is -2.45. The molecule has 2 aliphatic rings. The molecule has 2 aromatic carbocycles. The maximum absolute atomic E-state index is 12.9. The zero-order valence-corrected chi connectivity index (χ0v) is 13.9. The van der Waals surface area contributed by atoms with Crippen molar-refractivity contribution in [3.63, 3.8) is 0 Å². The van der Waals surface area contributed by atoms with Crippen LogP contribution in [-0.4, -0.2) is 32.1 Å². The Morgan fingerprint density at radius 2 is 1.75 bits per heavy atom. The van der Waals surface area contributed by atoms with E-state index in [0.717, 1.165) is 30.1 Å². The standard InChI is InChI=1S/C20H22N2O2/c1-24-17-10-6-15(7-11-17)14-20(23)22-13-12-21(16-8-9-16)18-4-2-3-5-19(18)22/h2-7,10-11,16H,8-9,12-14H2,1H3. The maximum atomic E-state index is 12.9. The first kappa shape index (κ1) is 15.1. The molecule has 124 valence electrons. The molecule has 4 nitrogen and oxygen atoms in total. The lowest BCUT2D eigenvalue weighted by molar-refractivity contribution is -0.118. The molecule has 1 fully saturated rings. The lowest BCUT2D eigenvalue weighted by Gasteiger charge is -2.38. The second-order valence-corrected chi connectivity index (χ2v) is 6.48. The molecule has 1 amide bonds. The minimum absolute atomic E-state index is 0.156. The van der Waals surface area contributed by atoms with E-state index in [1.807, 2.05) is 35.2 Å². The predicted molar refractivity (Wildman–Crippen MR) is 95.9 cm³/mol. The lowest BCUT2D eigenvalue weighted by atomic mass is 10.1. The molecule has 4 heteroatoms. The zero-order valence-electron chi connectivity index (χ0n) is 13.9. The summed E-state index contributed by atoms with van der Waals surface area (Å²) in [5.74, 6) is 0.970. The SMILES string of the molecule is COc1ccc(CC(=O)N2CCN(C3CC3)c3ccccc32)cc1. The Kier molecular flexibility index (Phi) is 3.89. The Morgan fingerprint density at radius 1 is 1.04 bits per heavy atom. The van der Waals surface area contributed by atoms with E-state index in [-0.39, 0.29) is 5.91 Å². The number of amides is 1. The van der Waals surface area contributed by atoms with Gasteiger partial charge in [-0.25, -0.2) is 0 Å². The number of para-hydroxylation sites is 2. The summed E-state index contributed by atoms with van der Waals surface area (Å²) in [6, 6.07) is 16.7. The Bertz CT molecular complexity index is 738. The van der Waals surface area contributed by atoms with Crippen LogP contribution in [0.1, 0.15) is 18.4 Å². The molecule has 24 heavy (non-hydrogen) atoms. The summed E-state index contributed by atoms with van der Waals surface area (Å²) < 4.78 is 5.18.